The second-order valence-electron chi connectivity index (χ2n) is 13.7. The summed E-state index contributed by atoms with van der Waals surface area (Å²) in [4.78, 5) is 47.1. The lowest BCUT2D eigenvalue weighted by Crippen LogP contribution is -2.58. The van der Waals surface area contributed by atoms with Crippen molar-refractivity contribution >= 4 is 17.9 Å². The first-order valence-corrected chi connectivity index (χ1v) is 16.7. The summed E-state index contributed by atoms with van der Waals surface area (Å²) in [5, 5.41) is 8.92. The van der Waals surface area contributed by atoms with Crippen LogP contribution in [0.2, 0.25) is 0 Å². The van der Waals surface area contributed by atoms with Crippen molar-refractivity contribution in [2.75, 3.05) is 66.8 Å². The summed E-state index contributed by atoms with van der Waals surface area (Å²) in [6, 6.07) is 7.05. The van der Waals surface area contributed by atoms with Crippen molar-refractivity contribution in [1.82, 2.24) is 29.7 Å². The minimum absolute atomic E-state index is 0.0375. The van der Waals surface area contributed by atoms with Gasteiger partial charge in [0, 0.05) is 46.4 Å². The van der Waals surface area contributed by atoms with Gasteiger partial charge in [-0.2, -0.15) is 0 Å². The van der Waals surface area contributed by atoms with E-state index in [2.05, 4.69) is 10.3 Å². The Morgan fingerprint density at radius 3 is 2.43 bits per heavy atom. The predicted molar refractivity (Wildman–Crippen MR) is 176 cm³/mol. The third-order valence-electron chi connectivity index (χ3n) is 8.31. The lowest BCUT2D eigenvalue weighted by atomic mass is 9.91. The van der Waals surface area contributed by atoms with Crippen molar-refractivity contribution in [3.63, 3.8) is 0 Å². The van der Waals surface area contributed by atoms with Gasteiger partial charge in [0.05, 0.1) is 38.0 Å². The molecule has 3 heterocycles. The van der Waals surface area contributed by atoms with Crippen molar-refractivity contribution in [3.8, 4) is 11.4 Å². The fourth-order valence-electron chi connectivity index (χ4n) is 6.15. The summed E-state index contributed by atoms with van der Waals surface area (Å²) in [6.45, 7) is 13.0. The Kier molecular flexibility index (Phi) is 12.6. The molecule has 4 rings (SSSR count). The molecule has 0 saturated carbocycles. The lowest BCUT2D eigenvalue weighted by molar-refractivity contribution is -0.142. The molecular formula is C34H52N6O7. The number of para-hydroxylation sites is 2. The number of hydrogen-bond acceptors (Lipinski definition) is 9. The molecule has 13 nitrogen and oxygen atoms in total. The molecule has 47 heavy (non-hydrogen) atoms. The number of aromatic nitrogens is 3. The summed E-state index contributed by atoms with van der Waals surface area (Å²) in [7, 11) is 3.26. The summed E-state index contributed by atoms with van der Waals surface area (Å²) in [5.41, 5.74) is 0.892. The monoisotopic (exact) mass is 656 g/mol. The van der Waals surface area contributed by atoms with E-state index in [4.69, 9.17) is 18.9 Å². The minimum atomic E-state index is -0.712. The van der Waals surface area contributed by atoms with Gasteiger partial charge in [-0.25, -0.2) is 9.48 Å². The quantitative estimate of drug-likeness (QED) is 0.313. The van der Waals surface area contributed by atoms with Crippen molar-refractivity contribution in [2.45, 2.75) is 71.9 Å². The first-order chi connectivity index (χ1) is 22.4. The molecule has 2 aromatic rings. The number of ether oxygens (including phenoxy) is 4. The summed E-state index contributed by atoms with van der Waals surface area (Å²) >= 11 is 0. The van der Waals surface area contributed by atoms with Crippen molar-refractivity contribution in [1.29, 1.82) is 0 Å². The number of nitrogens with zero attached hydrogens (tertiary/aromatic N) is 6. The van der Waals surface area contributed by atoms with Crippen LogP contribution in [-0.2, 0) is 25.4 Å². The first kappa shape index (κ1) is 36.1. The number of benzene rings is 1. The smallest absolute Gasteiger partial charge is 0.410 e. The van der Waals surface area contributed by atoms with Gasteiger partial charge in [-0.05, 0) is 64.5 Å². The Balaban J connectivity index is 1.72. The fourth-order valence-corrected chi connectivity index (χ4v) is 6.15. The Hall–Kier alpha value is -3.71. The van der Waals surface area contributed by atoms with E-state index in [0.717, 1.165) is 12.8 Å². The van der Waals surface area contributed by atoms with Gasteiger partial charge < -0.3 is 33.6 Å². The van der Waals surface area contributed by atoms with Gasteiger partial charge in [-0.1, -0.05) is 31.2 Å². The van der Waals surface area contributed by atoms with Gasteiger partial charge in [0.15, 0.2) is 5.69 Å². The minimum Gasteiger partial charge on any atom is -0.494 e. The maximum atomic E-state index is 14.7. The molecule has 1 aromatic heterocycles. The maximum absolute atomic E-state index is 14.7. The largest absolute Gasteiger partial charge is 0.494 e. The highest BCUT2D eigenvalue weighted by Gasteiger charge is 2.42. The van der Waals surface area contributed by atoms with E-state index in [9.17, 15) is 14.4 Å². The SMILES string of the molecule is COCCCCc1c(C(=O)N(CC(C)C)[C@H]2C[C@@H](C(=O)N3CCOCC3)CN(C(=O)OC(C)(C)C)C2)nnn1-c1ccccc1OC. The lowest BCUT2D eigenvalue weighted by Gasteiger charge is -2.44. The highest BCUT2D eigenvalue weighted by atomic mass is 16.6. The molecule has 2 atom stereocenters. The van der Waals surface area contributed by atoms with Crippen LogP contribution in [0.4, 0.5) is 4.79 Å². The van der Waals surface area contributed by atoms with E-state index in [-0.39, 0.29) is 36.5 Å². The molecule has 3 amide bonds. The highest BCUT2D eigenvalue weighted by Crippen LogP contribution is 2.29. The number of methoxy groups -OCH3 is 2. The molecule has 13 heteroatoms. The zero-order valence-electron chi connectivity index (χ0n) is 29.1. The predicted octanol–water partition coefficient (Wildman–Crippen LogP) is 3.83. The van der Waals surface area contributed by atoms with E-state index in [0.29, 0.717) is 69.4 Å². The Labute approximate surface area is 278 Å². The van der Waals surface area contributed by atoms with Crippen molar-refractivity contribution in [2.24, 2.45) is 11.8 Å². The molecule has 2 aliphatic heterocycles. The first-order valence-electron chi connectivity index (χ1n) is 16.7. The number of carbonyl (C=O) groups excluding carboxylic acids is 3. The van der Waals surface area contributed by atoms with Crippen LogP contribution in [-0.4, -0.2) is 126 Å². The van der Waals surface area contributed by atoms with Gasteiger partial charge in [-0.3, -0.25) is 9.59 Å². The summed E-state index contributed by atoms with van der Waals surface area (Å²) < 4.78 is 23.8. The average Bonchev–Trinajstić information content (AvgIpc) is 3.47. The van der Waals surface area contributed by atoms with Crippen LogP contribution in [0.1, 0.15) is 70.1 Å². The van der Waals surface area contributed by atoms with Crippen LogP contribution >= 0.6 is 0 Å². The molecule has 0 unspecified atom stereocenters. The van der Waals surface area contributed by atoms with Crippen molar-refractivity contribution < 1.29 is 33.3 Å². The Morgan fingerprint density at radius 1 is 1.04 bits per heavy atom. The number of carbonyl (C=O) groups is 3. The number of likely N-dealkylation sites (tertiary alicyclic amines) is 1. The molecule has 0 N–H and O–H groups in total. The van der Waals surface area contributed by atoms with Gasteiger partial charge in [-0.15, -0.1) is 5.10 Å². The number of hydrogen-bond donors (Lipinski definition) is 0. The summed E-state index contributed by atoms with van der Waals surface area (Å²) in [5.74, 6) is -0.101. The average molecular weight is 657 g/mol. The molecule has 0 spiro atoms. The zero-order chi connectivity index (χ0) is 34.1. The molecular weight excluding hydrogens is 604 g/mol. The van der Waals surface area contributed by atoms with Gasteiger partial charge in [0.1, 0.15) is 17.0 Å². The number of rotatable bonds is 12. The Morgan fingerprint density at radius 2 is 1.77 bits per heavy atom. The van der Waals surface area contributed by atoms with Gasteiger partial charge in [0.25, 0.3) is 5.91 Å². The van der Waals surface area contributed by atoms with E-state index in [1.54, 1.807) is 33.6 Å². The molecule has 0 radical (unpaired) electrons. The molecule has 2 saturated heterocycles. The third-order valence-corrected chi connectivity index (χ3v) is 8.31. The van der Waals surface area contributed by atoms with Crippen LogP contribution in [0.15, 0.2) is 24.3 Å². The number of unbranched alkanes of at least 4 members (excludes halogenated alkanes) is 1. The Bertz CT molecular complexity index is 1350. The number of amides is 3. The van der Waals surface area contributed by atoms with Crippen LogP contribution in [0, 0.1) is 11.8 Å². The molecule has 2 aliphatic rings. The van der Waals surface area contributed by atoms with Crippen LogP contribution in [0.3, 0.4) is 0 Å². The molecule has 260 valence electrons. The van der Waals surface area contributed by atoms with E-state index >= 15 is 0 Å². The second kappa shape index (κ2) is 16.4. The van der Waals surface area contributed by atoms with Crippen LogP contribution < -0.4 is 4.74 Å². The topological polar surface area (TPSA) is 129 Å². The fraction of sp³-hybridized carbons (Fsp3) is 0.676. The van der Waals surface area contributed by atoms with Crippen LogP contribution in [0.25, 0.3) is 5.69 Å². The molecule has 0 bridgehead atoms. The van der Waals surface area contributed by atoms with E-state index in [1.165, 1.54) is 0 Å². The van der Waals surface area contributed by atoms with Gasteiger partial charge >= 0.3 is 6.09 Å². The van der Waals surface area contributed by atoms with E-state index < -0.39 is 23.7 Å². The van der Waals surface area contributed by atoms with E-state index in [1.807, 2.05) is 58.9 Å². The number of piperidine rings is 1. The standard InChI is InChI=1S/C34H52N6O7/c1-24(2)21-39(26-20-25(31(41)37-15-18-46-19-16-37)22-38(23-26)33(43)47-34(3,4)5)32(42)30-28(13-10-11-17-44-6)40(36-35-30)27-12-8-9-14-29(27)45-7/h8-9,12,14,24-26H,10-11,13,15-23H2,1-7H3/t25-,26+/m1/s1. The molecule has 0 aliphatic carbocycles. The normalized spacial score (nSPS) is 18.7. The van der Waals surface area contributed by atoms with Gasteiger partial charge in [0.2, 0.25) is 5.91 Å². The maximum Gasteiger partial charge on any atom is 0.410 e. The zero-order valence-corrected chi connectivity index (χ0v) is 29.1. The molecule has 2 fully saturated rings. The van der Waals surface area contributed by atoms with Crippen LogP contribution in [0.5, 0.6) is 5.75 Å². The summed E-state index contributed by atoms with van der Waals surface area (Å²) in [6.07, 6.45) is 2.01. The third kappa shape index (κ3) is 9.44. The van der Waals surface area contributed by atoms with Crippen molar-refractivity contribution in [3.05, 3.63) is 35.7 Å². The number of morpholine rings is 1. The second-order valence-corrected chi connectivity index (χ2v) is 13.7. The highest BCUT2D eigenvalue weighted by molar-refractivity contribution is 5.94. The molecule has 1 aromatic carbocycles.